The van der Waals surface area contributed by atoms with Crippen molar-refractivity contribution in [2.45, 2.75) is 23.8 Å². The largest absolute Gasteiger partial charge is 0.497 e. The molecule has 0 bridgehead atoms. The Morgan fingerprint density at radius 3 is 2.48 bits per heavy atom. The van der Waals surface area contributed by atoms with Crippen LogP contribution in [0.1, 0.15) is 24.4 Å². The maximum absolute atomic E-state index is 12.4. The van der Waals surface area contributed by atoms with Crippen LogP contribution < -0.4 is 20.5 Å². The Morgan fingerprint density at radius 2 is 1.86 bits per heavy atom. The highest BCUT2D eigenvalue weighted by atomic mass is 32.2. The summed E-state index contributed by atoms with van der Waals surface area (Å²) >= 11 is 0. The van der Waals surface area contributed by atoms with Crippen LogP contribution in [0, 0.1) is 0 Å². The molecule has 0 radical (unpaired) electrons. The lowest BCUT2D eigenvalue weighted by atomic mass is 10.1. The van der Waals surface area contributed by atoms with Gasteiger partial charge >= 0.3 is 6.03 Å². The number of urea groups is 1. The Morgan fingerprint density at radius 1 is 1.17 bits per heavy atom. The molecule has 0 aliphatic carbocycles. The van der Waals surface area contributed by atoms with Crippen molar-refractivity contribution in [3.63, 3.8) is 0 Å². The van der Waals surface area contributed by atoms with Gasteiger partial charge in [-0.1, -0.05) is 12.1 Å². The van der Waals surface area contributed by atoms with Gasteiger partial charge in [0.1, 0.15) is 5.75 Å². The van der Waals surface area contributed by atoms with Crippen LogP contribution in [0.4, 0.5) is 10.5 Å². The summed E-state index contributed by atoms with van der Waals surface area (Å²) in [6.45, 7) is 2.41. The van der Waals surface area contributed by atoms with Gasteiger partial charge in [-0.25, -0.2) is 18.4 Å². The van der Waals surface area contributed by atoms with Crippen molar-refractivity contribution in [1.82, 2.24) is 10.2 Å². The first kappa shape index (κ1) is 21.1. The molecular weight excluding hydrogens is 392 g/mol. The molecule has 1 heterocycles. The van der Waals surface area contributed by atoms with Gasteiger partial charge in [0.25, 0.3) is 0 Å². The molecule has 8 nitrogen and oxygen atoms in total. The molecule has 0 saturated carbocycles. The number of hydrogen-bond donors (Lipinski definition) is 3. The number of amides is 2. The van der Waals surface area contributed by atoms with E-state index in [1.54, 1.807) is 7.11 Å². The van der Waals surface area contributed by atoms with Crippen LogP contribution in [0.5, 0.6) is 5.75 Å². The molecule has 4 N–H and O–H groups in total. The molecule has 1 saturated heterocycles. The summed E-state index contributed by atoms with van der Waals surface area (Å²) in [7, 11) is -2.12. The number of nitrogens with zero attached hydrogens (tertiary/aromatic N) is 1. The SMILES string of the molecule is COc1cccc([C@H](CNC(=O)Nc2ccc(S(N)(=O)=O)cc2)N2CCCC2)c1. The van der Waals surface area contributed by atoms with Gasteiger partial charge in [-0.3, -0.25) is 4.90 Å². The molecule has 1 fully saturated rings. The number of sulfonamides is 1. The fourth-order valence-electron chi connectivity index (χ4n) is 3.45. The zero-order valence-corrected chi connectivity index (χ0v) is 17.1. The fourth-order valence-corrected chi connectivity index (χ4v) is 3.97. The highest BCUT2D eigenvalue weighted by Gasteiger charge is 2.24. The van der Waals surface area contributed by atoms with Crippen LogP contribution >= 0.6 is 0 Å². The van der Waals surface area contributed by atoms with Gasteiger partial charge in [0.15, 0.2) is 0 Å². The van der Waals surface area contributed by atoms with Crippen LogP contribution in [-0.4, -0.2) is 46.1 Å². The average Bonchev–Trinajstić information content (AvgIpc) is 3.22. The average molecular weight is 419 g/mol. The number of rotatable bonds is 7. The van der Waals surface area contributed by atoms with E-state index >= 15 is 0 Å². The van der Waals surface area contributed by atoms with E-state index in [0.29, 0.717) is 12.2 Å². The third-order valence-corrected chi connectivity index (χ3v) is 5.89. The van der Waals surface area contributed by atoms with Crippen LogP contribution in [0.3, 0.4) is 0 Å². The minimum atomic E-state index is -3.76. The molecule has 2 aromatic carbocycles. The second-order valence-corrected chi connectivity index (χ2v) is 8.50. The first-order chi connectivity index (χ1) is 13.9. The zero-order valence-electron chi connectivity index (χ0n) is 16.3. The molecule has 0 spiro atoms. The number of carbonyl (C=O) groups is 1. The molecule has 2 amide bonds. The van der Waals surface area contributed by atoms with E-state index in [9.17, 15) is 13.2 Å². The fraction of sp³-hybridized carbons (Fsp3) is 0.350. The lowest BCUT2D eigenvalue weighted by Crippen LogP contribution is -2.38. The van der Waals surface area contributed by atoms with E-state index < -0.39 is 10.0 Å². The van der Waals surface area contributed by atoms with E-state index in [2.05, 4.69) is 15.5 Å². The number of anilines is 1. The first-order valence-electron chi connectivity index (χ1n) is 9.42. The minimum absolute atomic E-state index is 0.00409. The van der Waals surface area contributed by atoms with Crippen molar-refractivity contribution >= 4 is 21.7 Å². The molecular formula is C20H26N4O4S. The number of primary sulfonamides is 1. The predicted molar refractivity (Wildman–Crippen MR) is 111 cm³/mol. The molecule has 1 aliphatic heterocycles. The third-order valence-electron chi connectivity index (χ3n) is 4.96. The smallest absolute Gasteiger partial charge is 0.319 e. The van der Waals surface area contributed by atoms with E-state index in [1.165, 1.54) is 24.3 Å². The van der Waals surface area contributed by atoms with E-state index in [1.807, 2.05) is 24.3 Å². The lowest BCUT2D eigenvalue weighted by molar-refractivity contribution is 0.227. The second kappa shape index (κ2) is 9.25. The number of benzene rings is 2. The first-order valence-corrected chi connectivity index (χ1v) is 11.0. The maximum Gasteiger partial charge on any atom is 0.319 e. The predicted octanol–water partition coefficient (Wildman–Crippen LogP) is 2.30. The summed E-state index contributed by atoms with van der Waals surface area (Å²) in [5, 5.41) is 10.7. The van der Waals surface area contributed by atoms with E-state index in [-0.39, 0.29) is 17.0 Å². The van der Waals surface area contributed by atoms with Crippen LogP contribution in [0.15, 0.2) is 53.4 Å². The number of nitrogens with one attached hydrogen (secondary N) is 2. The Balaban J connectivity index is 1.64. The van der Waals surface area contributed by atoms with Crippen LogP contribution in [-0.2, 0) is 10.0 Å². The summed E-state index contributed by atoms with van der Waals surface area (Å²) in [6, 6.07) is 13.3. The zero-order chi connectivity index (χ0) is 20.9. The van der Waals surface area contributed by atoms with Gasteiger partial charge in [-0.15, -0.1) is 0 Å². The normalized spacial score (nSPS) is 15.7. The number of ether oxygens (including phenoxy) is 1. The Kier molecular flexibility index (Phi) is 6.73. The summed E-state index contributed by atoms with van der Waals surface area (Å²) < 4.78 is 28.0. The van der Waals surface area contributed by atoms with Crippen molar-refractivity contribution in [2.75, 3.05) is 32.1 Å². The highest BCUT2D eigenvalue weighted by molar-refractivity contribution is 7.89. The van der Waals surface area contributed by atoms with Gasteiger partial charge in [0.2, 0.25) is 10.0 Å². The topological polar surface area (TPSA) is 114 Å². The number of carbonyl (C=O) groups excluding carboxylic acids is 1. The molecule has 2 aromatic rings. The number of hydrogen-bond acceptors (Lipinski definition) is 5. The molecule has 1 aliphatic rings. The van der Waals surface area contributed by atoms with Crippen LogP contribution in [0.25, 0.3) is 0 Å². The molecule has 0 aromatic heterocycles. The molecule has 3 rings (SSSR count). The van der Waals surface area contributed by atoms with Crippen LogP contribution in [0.2, 0.25) is 0 Å². The standard InChI is InChI=1S/C20H26N4O4S/c1-28-17-6-4-5-15(13-17)19(24-11-2-3-12-24)14-22-20(25)23-16-7-9-18(10-8-16)29(21,26)27/h4-10,13,19H,2-3,11-12,14H2,1H3,(H2,21,26,27)(H2,22,23,25)/t19-/m0/s1. The van der Waals surface area contributed by atoms with Gasteiger partial charge in [-0.2, -0.15) is 0 Å². The number of nitrogens with two attached hydrogens (primary N) is 1. The monoisotopic (exact) mass is 418 g/mol. The van der Waals surface area contributed by atoms with Crippen molar-refractivity contribution in [1.29, 1.82) is 0 Å². The van der Waals surface area contributed by atoms with E-state index in [0.717, 1.165) is 37.2 Å². The maximum atomic E-state index is 12.4. The van der Waals surface area contributed by atoms with Gasteiger partial charge < -0.3 is 15.4 Å². The summed E-state index contributed by atoms with van der Waals surface area (Å²) in [5.74, 6) is 0.783. The highest BCUT2D eigenvalue weighted by Crippen LogP contribution is 2.27. The van der Waals surface area contributed by atoms with Crippen molar-refractivity contribution in [3.05, 3.63) is 54.1 Å². The summed E-state index contributed by atoms with van der Waals surface area (Å²) in [5.41, 5.74) is 1.57. The quantitative estimate of drug-likeness (QED) is 0.638. The molecule has 0 unspecified atom stereocenters. The molecule has 1 atom stereocenters. The molecule has 29 heavy (non-hydrogen) atoms. The van der Waals surface area contributed by atoms with Gasteiger partial charge in [0, 0.05) is 12.2 Å². The minimum Gasteiger partial charge on any atom is -0.497 e. The Labute approximate surface area is 171 Å². The Hall–Kier alpha value is -2.62. The summed E-state index contributed by atoms with van der Waals surface area (Å²) in [6.07, 6.45) is 2.28. The van der Waals surface area contributed by atoms with Gasteiger partial charge in [-0.05, 0) is 67.9 Å². The van der Waals surface area contributed by atoms with E-state index in [4.69, 9.17) is 9.88 Å². The second-order valence-electron chi connectivity index (χ2n) is 6.94. The molecule has 156 valence electrons. The number of methoxy groups -OCH3 is 1. The van der Waals surface area contributed by atoms with Crippen molar-refractivity contribution in [2.24, 2.45) is 5.14 Å². The van der Waals surface area contributed by atoms with Gasteiger partial charge in [0.05, 0.1) is 18.0 Å². The Bertz CT molecular complexity index is 941. The third kappa shape index (κ3) is 5.69. The molecule has 9 heteroatoms. The van der Waals surface area contributed by atoms with Crippen molar-refractivity contribution in [3.8, 4) is 5.75 Å². The lowest BCUT2D eigenvalue weighted by Gasteiger charge is -2.28. The van der Waals surface area contributed by atoms with Crippen molar-refractivity contribution < 1.29 is 17.9 Å². The number of likely N-dealkylation sites (tertiary alicyclic amines) is 1. The summed E-state index contributed by atoms with van der Waals surface area (Å²) in [4.78, 5) is 14.7.